The number of carbonyl (C=O) groups is 2. The third-order valence-electron chi connectivity index (χ3n) is 3.96. The van der Waals surface area contributed by atoms with Crippen LogP contribution in [-0.2, 0) is 16.1 Å². The average Bonchev–Trinajstić information content (AvgIpc) is 2.62. The smallest absolute Gasteiger partial charge is 0.269 e. The predicted molar refractivity (Wildman–Crippen MR) is 97.8 cm³/mol. The molecule has 2 aromatic rings. The number of rotatable bonds is 4. The fraction of sp³-hybridized carbons (Fsp3) is 0.158. The number of halogens is 1. The number of anilines is 1. The molecule has 0 spiro atoms. The molecular formula is C19H18ClN3O2. The molecule has 0 aromatic heterocycles. The molecule has 2 N–H and O–H groups in total. The van der Waals surface area contributed by atoms with Gasteiger partial charge in [-0.3, -0.25) is 15.0 Å². The largest absolute Gasteiger partial charge is 0.347 e. The van der Waals surface area contributed by atoms with Gasteiger partial charge in [0.15, 0.2) is 0 Å². The van der Waals surface area contributed by atoms with Crippen LogP contribution < -0.4 is 15.8 Å². The zero-order valence-corrected chi connectivity index (χ0v) is 14.5. The van der Waals surface area contributed by atoms with Crippen LogP contribution in [0.1, 0.15) is 17.5 Å². The summed E-state index contributed by atoms with van der Waals surface area (Å²) in [4.78, 5) is 24.6. The van der Waals surface area contributed by atoms with Crippen LogP contribution in [0.15, 0.2) is 60.3 Å². The number of benzene rings is 2. The minimum Gasteiger partial charge on any atom is -0.347 e. The van der Waals surface area contributed by atoms with E-state index in [2.05, 4.69) is 10.7 Å². The standard InChI is InChI=1S/C19H18ClN3O2/c1-13-6-2-5-9-17(13)23-18(24)11-10-16(22-23)19(25)21-12-14-7-3-4-8-15(14)20/h2-10,22H,11-12H2,1H3,(H,21,25). The highest BCUT2D eigenvalue weighted by Crippen LogP contribution is 2.21. The van der Waals surface area contributed by atoms with Crippen LogP contribution in [-0.4, -0.2) is 11.8 Å². The second-order valence-electron chi connectivity index (χ2n) is 5.72. The molecule has 0 aliphatic carbocycles. The van der Waals surface area contributed by atoms with Gasteiger partial charge in [-0.15, -0.1) is 0 Å². The Balaban J connectivity index is 1.70. The van der Waals surface area contributed by atoms with Gasteiger partial charge in [0.2, 0.25) is 5.91 Å². The number of nitrogens with one attached hydrogen (secondary N) is 2. The van der Waals surface area contributed by atoms with Crippen molar-refractivity contribution in [3.05, 3.63) is 76.5 Å². The molecule has 0 saturated heterocycles. The molecule has 0 saturated carbocycles. The lowest BCUT2D eigenvalue weighted by Gasteiger charge is -2.29. The molecule has 128 valence electrons. The van der Waals surface area contributed by atoms with Crippen LogP contribution >= 0.6 is 11.6 Å². The monoisotopic (exact) mass is 355 g/mol. The van der Waals surface area contributed by atoms with E-state index in [1.165, 1.54) is 5.01 Å². The molecule has 3 rings (SSSR count). The van der Waals surface area contributed by atoms with Crippen molar-refractivity contribution >= 4 is 29.1 Å². The maximum absolute atomic E-state index is 12.4. The topological polar surface area (TPSA) is 61.4 Å². The number of nitrogens with zero attached hydrogens (tertiary/aromatic N) is 1. The minimum absolute atomic E-state index is 0.114. The fourth-order valence-corrected chi connectivity index (χ4v) is 2.78. The molecule has 0 fully saturated rings. The first-order valence-corrected chi connectivity index (χ1v) is 8.31. The number of amides is 2. The number of aryl methyl sites for hydroxylation is 1. The fourth-order valence-electron chi connectivity index (χ4n) is 2.57. The Morgan fingerprint density at radius 1 is 1.20 bits per heavy atom. The van der Waals surface area contributed by atoms with E-state index in [1.807, 2.05) is 49.4 Å². The Kier molecular flexibility index (Phi) is 5.05. The van der Waals surface area contributed by atoms with Crippen molar-refractivity contribution in [2.45, 2.75) is 19.9 Å². The highest BCUT2D eigenvalue weighted by molar-refractivity contribution is 6.31. The molecule has 5 nitrogen and oxygen atoms in total. The van der Waals surface area contributed by atoms with Crippen molar-refractivity contribution in [2.75, 3.05) is 5.01 Å². The molecule has 2 amide bonds. The normalized spacial score (nSPS) is 13.9. The first-order valence-electron chi connectivity index (χ1n) is 7.93. The van der Waals surface area contributed by atoms with Crippen LogP contribution in [0.2, 0.25) is 5.02 Å². The zero-order valence-electron chi connectivity index (χ0n) is 13.8. The van der Waals surface area contributed by atoms with E-state index in [0.717, 1.165) is 16.8 Å². The molecule has 1 aliphatic heterocycles. The molecule has 6 heteroatoms. The van der Waals surface area contributed by atoms with Gasteiger partial charge in [0, 0.05) is 18.0 Å². The van der Waals surface area contributed by atoms with E-state index in [4.69, 9.17) is 11.6 Å². The van der Waals surface area contributed by atoms with Crippen LogP contribution in [0, 0.1) is 6.92 Å². The van der Waals surface area contributed by atoms with Crippen molar-refractivity contribution in [1.29, 1.82) is 0 Å². The molecule has 0 unspecified atom stereocenters. The van der Waals surface area contributed by atoms with E-state index in [9.17, 15) is 9.59 Å². The Labute approximate surface area is 151 Å². The molecule has 2 aromatic carbocycles. The van der Waals surface area contributed by atoms with Gasteiger partial charge >= 0.3 is 0 Å². The van der Waals surface area contributed by atoms with E-state index in [0.29, 0.717) is 17.3 Å². The van der Waals surface area contributed by atoms with Gasteiger partial charge in [-0.2, -0.15) is 0 Å². The Morgan fingerprint density at radius 2 is 1.92 bits per heavy atom. The van der Waals surface area contributed by atoms with Gasteiger partial charge in [0.1, 0.15) is 5.70 Å². The minimum atomic E-state index is -0.286. The lowest BCUT2D eigenvalue weighted by molar-refractivity contribution is -0.120. The third-order valence-corrected chi connectivity index (χ3v) is 4.33. The lowest BCUT2D eigenvalue weighted by atomic mass is 10.1. The van der Waals surface area contributed by atoms with Gasteiger partial charge < -0.3 is 5.32 Å². The maximum atomic E-state index is 12.4. The van der Waals surface area contributed by atoms with Crippen LogP contribution in [0.5, 0.6) is 0 Å². The molecule has 1 heterocycles. The van der Waals surface area contributed by atoms with Crippen molar-refractivity contribution in [3.63, 3.8) is 0 Å². The van der Waals surface area contributed by atoms with Crippen molar-refractivity contribution in [2.24, 2.45) is 0 Å². The summed E-state index contributed by atoms with van der Waals surface area (Å²) in [5.41, 5.74) is 5.77. The second kappa shape index (κ2) is 7.40. The first kappa shape index (κ1) is 17.0. The number of hydrogen-bond acceptors (Lipinski definition) is 3. The van der Waals surface area contributed by atoms with Gasteiger partial charge in [0.05, 0.1) is 5.69 Å². The summed E-state index contributed by atoms with van der Waals surface area (Å²) in [6.07, 6.45) is 1.76. The summed E-state index contributed by atoms with van der Waals surface area (Å²) in [6.45, 7) is 2.23. The number of carbonyl (C=O) groups excluding carboxylic acids is 2. The summed E-state index contributed by atoms with van der Waals surface area (Å²) >= 11 is 6.10. The summed E-state index contributed by atoms with van der Waals surface area (Å²) in [5.74, 6) is -0.400. The third kappa shape index (κ3) is 3.83. The predicted octanol–water partition coefficient (Wildman–Crippen LogP) is 3.09. The van der Waals surface area contributed by atoms with Crippen molar-refractivity contribution in [3.8, 4) is 0 Å². The highest BCUT2D eigenvalue weighted by Gasteiger charge is 2.24. The Bertz CT molecular complexity index is 848. The van der Waals surface area contributed by atoms with Crippen molar-refractivity contribution < 1.29 is 9.59 Å². The van der Waals surface area contributed by atoms with Crippen LogP contribution in [0.4, 0.5) is 5.69 Å². The molecule has 0 radical (unpaired) electrons. The summed E-state index contributed by atoms with van der Waals surface area (Å²) in [6, 6.07) is 14.8. The van der Waals surface area contributed by atoms with Crippen molar-refractivity contribution in [1.82, 2.24) is 10.7 Å². The zero-order chi connectivity index (χ0) is 17.8. The summed E-state index contributed by atoms with van der Waals surface area (Å²) in [5, 5.41) is 4.84. The van der Waals surface area contributed by atoms with E-state index >= 15 is 0 Å². The number of hydrogen-bond donors (Lipinski definition) is 2. The van der Waals surface area contributed by atoms with Crippen LogP contribution in [0.25, 0.3) is 0 Å². The number of para-hydroxylation sites is 1. The van der Waals surface area contributed by atoms with E-state index in [-0.39, 0.29) is 18.2 Å². The van der Waals surface area contributed by atoms with Gasteiger partial charge in [-0.1, -0.05) is 48.0 Å². The maximum Gasteiger partial charge on any atom is 0.269 e. The number of hydrazine groups is 1. The molecule has 0 atom stereocenters. The lowest BCUT2D eigenvalue weighted by Crippen LogP contribution is -2.49. The quantitative estimate of drug-likeness (QED) is 0.886. The molecule has 1 aliphatic rings. The molecule has 25 heavy (non-hydrogen) atoms. The average molecular weight is 356 g/mol. The second-order valence-corrected chi connectivity index (χ2v) is 6.13. The Morgan fingerprint density at radius 3 is 2.68 bits per heavy atom. The SMILES string of the molecule is Cc1ccccc1N1NC(C(=O)NCc2ccccc2Cl)=CCC1=O. The molecule has 0 bridgehead atoms. The van der Waals surface area contributed by atoms with E-state index < -0.39 is 0 Å². The Hall–Kier alpha value is -2.79. The van der Waals surface area contributed by atoms with Gasteiger partial charge in [-0.05, 0) is 36.3 Å². The van der Waals surface area contributed by atoms with Gasteiger partial charge in [-0.25, -0.2) is 5.01 Å². The highest BCUT2D eigenvalue weighted by atomic mass is 35.5. The van der Waals surface area contributed by atoms with Crippen LogP contribution in [0.3, 0.4) is 0 Å². The van der Waals surface area contributed by atoms with Gasteiger partial charge in [0.25, 0.3) is 5.91 Å². The summed E-state index contributed by atoms with van der Waals surface area (Å²) < 4.78 is 0. The van der Waals surface area contributed by atoms with E-state index in [1.54, 1.807) is 12.1 Å². The first-order chi connectivity index (χ1) is 12.1. The molecular weight excluding hydrogens is 338 g/mol. The summed E-state index contributed by atoms with van der Waals surface area (Å²) in [7, 11) is 0.